The molecule has 0 spiro atoms. The maximum absolute atomic E-state index is 12.8. The van der Waals surface area contributed by atoms with Gasteiger partial charge in [0.05, 0.1) is 12.6 Å². The Hall–Kier alpha value is -2.61. The lowest BCUT2D eigenvalue weighted by Gasteiger charge is -2.30. The van der Waals surface area contributed by atoms with Crippen LogP contribution < -0.4 is 10.2 Å². The molecule has 8 heteroatoms. The van der Waals surface area contributed by atoms with Crippen molar-refractivity contribution in [1.29, 1.82) is 0 Å². The van der Waals surface area contributed by atoms with Crippen LogP contribution in [0.4, 0.5) is 0 Å². The van der Waals surface area contributed by atoms with Crippen LogP contribution in [-0.2, 0) is 9.59 Å². The van der Waals surface area contributed by atoms with Crippen LogP contribution in [0, 0.1) is 0 Å². The molecule has 0 aliphatic carbocycles. The van der Waals surface area contributed by atoms with Crippen LogP contribution in [0.5, 0.6) is 5.75 Å². The molecular formula is C19H25N5O3. The minimum absolute atomic E-state index is 0.0212. The minimum atomic E-state index is -0.342. The zero-order valence-electron chi connectivity index (χ0n) is 15.5. The molecule has 0 bridgehead atoms. The first kappa shape index (κ1) is 17.8. The van der Waals surface area contributed by atoms with E-state index >= 15 is 0 Å². The quantitative estimate of drug-likeness (QED) is 0.839. The molecule has 27 heavy (non-hydrogen) atoms. The second kappa shape index (κ2) is 7.56. The van der Waals surface area contributed by atoms with E-state index < -0.39 is 0 Å². The van der Waals surface area contributed by atoms with Gasteiger partial charge < -0.3 is 9.64 Å². The van der Waals surface area contributed by atoms with Crippen LogP contribution in [0.25, 0.3) is 0 Å². The molecule has 144 valence electrons. The topological polar surface area (TPSA) is 77.5 Å². The molecule has 1 N–H and O–H groups in total. The molecule has 0 saturated carbocycles. The van der Waals surface area contributed by atoms with Gasteiger partial charge in [0.2, 0.25) is 5.91 Å². The molecule has 1 aromatic carbocycles. The predicted octanol–water partition coefficient (Wildman–Crippen LogP) is 1.11. The van der Waals surface area contributed by atoms with Crippen molar-refractivity contribution in [2.45, 2.75) is 38.3 Å². The van der Waals surface area contributed by atoms with Gasteiger partial charge in [-0.1, -0.05) is 12.1 Å². The molecule has 8 nitrogen and oxygen atoms in total. The van der Waals surface area contributed by atoms with E-state index in [1.165, 1.54) is 5.01 Å². The number of hydrogen-bond donors (Lipinski definition) is 1. The average molecular weight is 371 g/mol. The lowest BCUT2D eigenvalue weighted by Crippen LogP contribution is -2.52. The average Bonchev–Trinajstić information content (AvgIpc) is 3.35. The zero-order chi connectivity index (χ0) is 18.8. The maximum atomic E-state index is 12.8. The summed E-state index contributed by atoms with van der Waals surface area (Å²) < 4.78 is 5.48. The maximum Gasteiger partial charge on any atom is 0.267 e. The molecule has 2 fully saturated rings. The Balaban J connectivity index is 1.39. The first-order chi connectivity index (χ1) is 13.2. The summed E-state index contributed by atoms with van der Waals surface area (Å²) in [6.45, 7) is 4.17. The molecule has 2 atom stereocenters. The van der Waals surface area contributed by atoms with Gasteiger partial charge in [-0.25, -0.2) is 10.4 Å². The Labute approximate surface area is 158 Å². The molecule has 4 rings (SSSR count). The smallest absolute Gasteiger partial charge is 0.267 e. The molecular weight excluding hydrogens is 346 g/mol. The normalized spacial score (nSPS) is 24.5. The van der Waals surface area contributed by atoms with E-state index in [-0.39, 0.29) is 30.4 Å². The number of likely N-dealkylation sites (tertiary alicyclic amines) is 1. The van der Waals surface area contributed by atoms with Gasteiger partial charge in [-0.2, -0.15) is 5.10 Å². The number of rotatable bonds is 5. The van der Waals surface area contributed by atoms with E-state index in [4.69, 9.17) is 4.74 Å². The van der Waals surface area contributed by atoms with Crippen molar-refractivity contribution in [2.24, 2.45) is 5.10 Å². The van der Waals surface area contributed by atoms with Crippen molar-refractivity contribution in [3.8, 4) is 5.75 Å². The highest BCUT2D eigenvalue weighted by Crippen LogP contribution is 2.30. The summed E-state index contributed by atoms with van der Waals surface area (Å²) in [7, 11) is 0. The summed E-state index contributed by atoms with van der Waals surface area (Å²) in [4.78, 5) is 27.0. The molecule has 3 aliphatic rings. The predicted molar refractivity (Wildman–Crippen MR) is 99.8 cm³/mol. The van der Waals surface area contributed by atoms with Crippen molar-refractivity contribution in [3.05, 3.63) is 29.8 Å². The van der Waals surface area contributed by atoms with Crippen LogP contribution >= 0.6 is 0 Å². The summed E-state index contributed by atoms with van der Waals surface area (Å²) in [5, 5.41) is 7.25. The number of carbonyl (C=O) groups excluding carboxylic acids is 2. The summed E-state index contributed by atoms with van der Waals surface area (Å²) in [5.74, 6) is 0.674. The Morgan fingerprint density at radius 1 is 1.26 bits per heavy atom. The highest BCUT2D eigenvalue weighted by atomic mass is 16.5. The van der Waals surface area contributed by atoms with Gasteiger partial charge in [-0.15, -0.1) is 0 Å². The van der Waals surface area contributed by atoms with Gasteiger partial charge in [-0.05, 0) is 43.9 Å². The SMILES string of the molecule is CCOc1ccc(C2CC3C(=O)N(CC(=O)N4CCCC4)N=CN3N2)cc1. The van der Waals surface area contributed by atoms with Crippen LogP contribution in [-0.4, -0.2) is 65.4 Å². The van der Waals surface area contributed by atoms with E-state index in [2.05, 4.69) is 10.5 Å². The first-order valence-electron chi connectivity index (χ1n) is 9.56. The molecule has 3 aliphatic heterocycles. The summed E-state index contributed by atoms with van der Waals surface area (Å²) in [6.07, 6.45) is 4.31. The Bertz CT molecular complexity index is 729. The fraction of sp³-hybridized carbons (Fsp3) is 0.526. The molecule has 2 saturated heterocycles. The number of fused-ring (bicyclic) bond motifs is 1. The number of nitrogens with zero attached hydrogens (tertiary/aromatic N) is 4. The van der Waals surface area contributed by atoms with Crippen molar-refractivity contribution in [1.82, 2.24) is 20.3 Å². The Morgan fingerprint density at radius 3 is 2.70 bits per heavy atom. The zero-order valence-corrected chi connectivity index (χ0v) is 15.5. The van der Waals surface area contributed by atoms with E-state index in [0.29, 0.717) is 13.0 Å². The number of hydrazone groups is 1. The lowest BCUT2D eigenvalue weighted by molar-refractivity contribution is -0.143. The molecule has 0 aromatic heterocycles. The summed E-state index contributed by atoms with van der Waals surface area (Å²) >= 11 is 0. The largest absolute Gasteiger partial charge is 0.494 e. The molecule has 1 aromatic rings. The van der Waals surface area contributed by atoms with Gasteiger partial charge in [0, 0.05) is 13.1 Å². The van der Waals surface area contributed by atoms with Gasteiger partial charge in [0.25, 0.3) is 5.91 Å². The second-order valence-electron chi connectivity index (χ2n) is 7.06. The highest BCUT2D eigenvalue weighted by Gasteiger charge is 2.41. The monoisotopic (exact) mass is 371 g/mol. The number of amides is 2. The first-order valence-corrected chi connectivity index (χ1v) is 9.56. The summed E-state index contributed by atoms with van der Waals surface area (Å²) in [6, 6.07) is 7.58. The van der Waals surface area contributed by atoms with Crippen molar-refractivity contribution >= 4 is 18.2 Å². The Morgan fingerprint density at radius 2 is 2.00 bits per heavy atom. The molecule has 2 unspecified atom stereocenters. The molecule has 3 heterocycles. The van der Waals surface area contributed by atoms with Gasteiger partial charge in [0.15, 0.2) is 0 Å². The second-order valence-corrected chi connectivity index (χ2v) is 7.06. The van der Waals surface area contributed by atoms with Crippen LogP contribution in [0.15, 0.2) is 29.4 Å². The number of nitrogens with one attached hydrogen (secondary N) is 1. The third kappa shape index (κ3) is 3.62. The number of benzene rings is 1. The number of hydrazine groups is 1. The lowest BCUT2D eigenvalue weighted by atomic mass is 10.0. The third-order valence-corrected chi connectivity index (χ3v) is 5.29. The fourth-order valence-corrected chi connectivity index (χ4v) is 3.83. The van der Waals surface area contributed by atoms with Gasteiger partial charge in [-0.3, -0.25) is 14.6 Å². The molecule has 0 radical (unpaired) electrons. The van der Waals surface area contributed by atoms with E-state index in [9.17, 15) is 9.59 Å². The fourth-order valence-electron chi connectivity index (χ4n) is 3.83. The van der Waals surface area contributed by atoms with Crippen molar-refractivity contribution < 1.29 is 14.3 Å². The number of carbonyl (C=O) groups is 2. The van der Waals surface area contributed by atoms with Crippen LogP contribution in [0.1, 0.15) is 37.8 Å². The van der Waals surface area contributed by atoms with E-state index in [1.807, 2.05) is 36.1 Å². The number of hydrogen-bond acceptors (Lipinski definition) is 6. The van der Waals surface area contributed by atoms with Crippen molar-refractivity contribution in [3.63, 3.8) is 0 Å². The summed E-state index contributed by atoms with van der Waals surface area (Å²) in [5.41, 5.74) is 4.41. The van der Waals surface area contributed by atoms with E-state index in [0.717, 1.165) is 37.2 Å². The van der Waals surface area contributed by atoms with Gasteiger partial charge >= 0.3 is 0 Å². The van der Waals surface area contributed by atoms with Gasteiger partial charge in [0.1, 0.15) is 24.7 Å². The van der Waals surface area contributed by atoms with Crippen LogP contribution in [0.2, 0.25) is 0 Å². The number of ether oxygens (including phenoxy) is 1. The van der Waals surface area contributed by atoms with E-state index in [1.54, 1.807) is 11.3 Å². The van der Waals surface area contributed by atoms with Crippen molar-refractivity contribution in [2.75, 3.05) is 26.2 Å². The third-order valence-electron chi connectivity index (χ3n) is 5.29. The van der Waals surface area contributed by atoms with Crippen LogP contribution in [0.3, 0.4) is 0 Å². The standard InChI is InChI=1S/C19H25N5O3/c1-2-27-15-7-5-14(6-8-15)16-11-17-19(26)23(20-13-24(17)21-16)12-18(25)22-9-3-4-10-22/h5-8,13,16-17,21H,2-4,9-12H2,1H3. The minimum Gasteiger partial charge on any atom is -0.494 e. The molecule has 2 amide bonds. The Kier molecular flexibility index (Phi) is 4.98. The highest BCUT2D eigenvalue weighted by molar-refractivity contribution is 5.91.